The zero-order valence-corrected chi connectivity index (χ0v) is 27.3. The fourth-order valence-corrected chi connectivity index (χ4v) is 8.38. The van der Waals surface area contributed by atoms with Crippen LogP contribution in [-0.4, -0.2) is 43.1 Å². The zero-order chi connectivity index (χ0) is 26.2. The van der Waals surface area contributed by atoms with Crippen molar-refractivity contribution in [3.63, 3.8) is 0 Å². The van der Waals surface area contributed by atoms with Crippen molar-refractivity contribution in [3.8, 4) is 0 Å². The van der Waals surface area contributed by atoms with Gasteiger partial charge in [-0.3, -0.25) is 0 Å². The van der Waals surface area contributed by atoms with Gasteiger partial charge >= 0.3 is 0 Å². The number of aryl methyl sites for hydroxylation is 1. The van der Waals surface area contributed by atoms with Crippen molar-refractivity contribution in [2.24, 2.45) is 0 Å². The number of thiazole rings is 1. The van der Waals surface area contributed by atoms with Crippen molar-refractivity contribution in [2.75, 3.05) is 48.0 Å². The van der Waals surface area contributed by atoms with Gasteiger partial charge in [0, 0.05) is 39.8 Å². The maximum absolute atomic E-state index is 2.56. The predicted molar refractivity (Wildman–Crippen MR) is 178 cm³/mol. The summed E-state index contributed by atoms with van der Waals surface area (Å²) in [6.45, 7) is 4.42. The van der Waals surface area contributed by atoms with E-state index >= 15 is 0 Å². The molecule has 0 spiro atoms. The lowest BCUT2D eigenvalue weighted by Crippen LogP contribution is -2.35. The maximum atomic E-state index is 2.56. The third kappa shape index (κ3) is 7.31. The highest BCUT2D eigenvalue weighted by molar-refractivity contribution is 8.03. The fourth-order valence-electron chi connectivity index (χ4n) is 4.39. The summed E-state index contributed by atoms with van der Waals surface area (Å²) in [7, 11) is 0. The summed E-state index contributed by atoms with van der Waals surface area (Å²) in [4.78, 5) is 6.61. The van der Waals surface area contributed by atoms with Gasteiger partial charge in [0.05, 0.1) is 10.7 Å². The number of anilines is 1. The summed E-state index contributed by atoms with van der Waals surface area (Å²) >= 11 is 11.4. The van der Waals surface area contributed by atoms with Crippen molar-refractivity contribution >= 4 is 92.1 Å². The summed E-state index contributed by atoms with van der Waals surface area (Å²) < 4.78 is 3.93. The van der Waals surface area contributed by atoms with Crippen LogP contribution in [0.15, 0.2) is 67.8 Å². The van der Waals surface area contributed by atoms with Gasteiger partial charge in [0.1, 0.15) is 4.70 Å². The van der Waals surface area contributed by atoms with Gasteiger partial charge in [-0.15, -0.1) is 23.5 Å². The molecule has 3 aromatic rings. The molecule has 0 fully saturated rings. The van der Waals surface area contributed by atoms with Crippen molar-refractivity contribution in [1.82, 2.24) is 0 Å². The molecule has 0 N–H and O–H groups in total. The Labute approximate surface area is 248 Å². The van der Waals surface area contributed by atoms with Crippen LogP contribution in [0.4, 0.5) is 5.69 Å². The standard InChI is InChI=1S/C29H37N2S6/c1-6-21(17-28-30(13-7-15-32-2)24-19-22(34-4)9-11-26(24)36-28)18-29-31(14-8-16-33-3)25-20-23(35-5)10-12-27(25)37-29/h9-12,17-20H,6-8,13-16H2,1-5H3/q+1. The lowest BCUT2D eigenvalue weighted by Gasteiger charge is -2.21. The van der Waals surface area contributed by atoms with Crippen molar-refractivity contribution in [2.45, 2.75) is 47.4 Å². The number of hydrogen-bond donors (Lipinski definition) is 0. The van der Waals surface area contributed by atoms with E-state index in [9.17, 15) is 0 Å². The molecule has 0 saturated heterocycles. The first-order valence-corrected chi connectivity index (χ1v) is 19.5. The molecule has 0 radical (unpaired) electrons. The molecule has 0 aliphatic carbocycles. The van der Waals surface area contributed by atoms with Crippen LogP contribution in [0.2, 0.25) is 0 Å². The maximum Gasteiger partial charge on any atom is 0.263 e. The molecular formula is C29H37N2S6+. The summed E-state index contributed by atoms with van der Waals surface area (Å²) in [6.07, 6.45) is 17.0. The molecule has 198 valence electrons. The molecule has 0 amide bonds. The van der Waals surface area contributed by atoms with Crippen LogP contribution in [0, 0.1) is 0 Å². The molecule has 2 heterocycles. The Balaban J connectivity index is 1.72. The average Bonchev–Trinajstić information content (AvgIpc) is 3.44. The Morgan fingerprint density at radius 1 is 0.946 bits per heavy atom. The van der Waals surface area contributed by atoms with Crippen molar-refractivity contribution < 1.29 is 4.57 Å². The van der Waals surface area contributed by atoms with Gasteiger partial charge < -0.3 is 4.90 Å². The Hall–Kier alpha value is -0.640. The summed E-state index contributed by atoms with van der Waals surface area (Å²) in [6, 6.07) is 13.9. The number of aromatic nitrogens is 1. The smallest absolute Gasteiger partial charge is 0.263 e. The Morgan fingerprint density at radius 2 is 1.68 bits per heavy atom. The number of hydrogen-bond acceptors (Lipinski definition) is 7. The van der Waals surface area contributed by atoms with E-state index in [1.54, 1.807) is 0 Å². The van der Waals surface area contributed by atoms with Crippen LogP contribution < -0.4 is 9.47 Å². The predicted octanol–water partition coefficient (Wildman–Crippen LogP) is 9.39. The first-order valence-electron chi connectivity index (χ1n) is 12.7. The number of benzene rings is 2. The van der Waals surface area contributed by atoms with Crippen molar-refractivity contribution in [3.05, 3.63) is 58.1 Å². The highest BCUT2D eigenvalue weighted by Crippen LogP contribution is 2.48. The van der Waals surface area contributed by atoms with Gasteiger partial charge in [0.25, 0.3) is 5.01 Å². The van der Waals surface area contributed by atoms with Crippen LogP contribution in [0.5, 0.6) is 0 Å². The minimum Gasteiger partial charge on any atom is -0.335 e. The van der Waals surface area contributed by atoms with E-state index in [0.29, 0.717) is 0 Å². The fraction of sp³-hybridized carbons (Fsp3) is 0.414. The van der Waals surface area contributed by atoms with Gasteiger partial charge in [-0.25, -0.2) is 0 Å². The number of nitrogens with zero attached hydrogens (tertiary/aromatic N) is 2. The Kier molecular flexibility index (Phi) is 11.6. The molecule has 0 bridgehead atoms. The Morgan fingerprint density at radius 3 is 2.41 bits per heavy atom. The summed E-state index contributed by atoms with van der Waals surface area (Å²) in [5, 5.41) is 2.73. The van der Waals surface area contributed by atoms with Gasteiger partial charge in [-0.2, -0.15) is 28.1 Å². The molecular weight excluding hydrogens is 569 g/mol. The largest absolute Gasteiger partial charge is 0.335 e. The topological polar surface area (TPSA) is 7.12 Å². The second kappa shape index (κ2) is 14.7. The highest BCUT2D eigenvalue weighted by Gasteiger charge is 2.26. The first kappa shape index (κ1) is 29.3. The number of fused-ring (bicyclic) bond motifs is 2. The second-order valence-electron chi connectivity index (χ2n) is 8.76. The molecule has 37 heavy (non-hydrogen) atoms. The SMILES string of the molecule is CCC(=C/c1sc2ccc(SC)cc2[n+]1CCCSC)/C=C1/Sc2ccc(SC)cc2N1CCCSC. The van der Waals surface area contributed by atoms with Gasteiger partial charge in [-0.05, 0) is 91.4 Å². The second-order valence-corrected chi connectivity index (χ2v) is 14.6. The minimum absolute atomic E-state index is 1.02. The first-order chi connectivity index (χ1) is 18.1. The van der Waals surface area contributed by atoms with E-state index in [4.69, 9.17) is 0 Å². The van der Waals surface area contributed by atoms with E-state index in [0.717, 1.165) is 19.5 Å². The molecule has 4 rings (SSSR count). The lowest BCUT2D eigenvalue weighted by molar-refractivity contribution is -0.668. The van der Waals surface area contributed by atoms with E-state index in [1.165, 1.54) is 70.5 Å². The van der Waals surface area contributed by atoms with Gasteiger partial charge in [-0.1, -0.05) is 30.0 Å². The highest BCUT2D eigenvalue weighted by atomic mass is 32.2. The summed E-state index contributed by atoms with van der Waals surface area (Å²) in [5.41, 5.74) is 4.14. The molecule has 2 nitrogen and oxygen atoms in total. The molecule has 0 saturated carbocycles. The number of thioether (sulfide) groups is 5. The van der Waals surface area contributed by atoms with Crippen LogP contribution in [0.1, 0.15) is 31.2 Å². The molecule has 0 atom stereocenters. The molecule has 1 aliphatic rings. The van der Waals surface area contributed by atoms with Crippen LogP contribution in [0.3, 0.4) is 0 Å². The molecule has 0 unspecified atom stereocenters. The van der Waals surface area contributed by atoms with Gasteiger partial charge in [0.15, 0.2) is 6.54 Å². The van der Waals surface area contributed by atoms with Crippen LogP contribution >= 0.6 is 70.1 Å². The third-order valence-electron chi connectivity index (χ3n) is 6.36. The lowest BCUT2D eigenvalue weighted by atomic mass is 10.2. The average molecular weight is 606 g/mol. The van der Waals surface area contributed by atoms with Crippen LogP contribution in [-0.2, 0) is 6.54 Å². The third-order valence-corrected chi connectivity index (χ3v) is 11.4. The van der Waals surface area contributed by atoms with Crippen molar-refractivity contribution in [1.29, 1.82) is 0 Å². The molecule has 8 heteroatoms. The van der Waals surface area contributed by atoms with Gasteiger partial charge in [0.2, 0.25) is 5.52 Å². The van der Waals surface area contributed by atoms with E-state index < -0.39 is 0 Å². The summed E-state index contributed by atoms with van der Waals surface area (Å²) in [5.74, 6) is 2.39. The number of rotatable bonds is 13. The normalized spacial score (nSPS) is 14.8. The van der Waals surface area contributed by atoms with E-state index in [1.807, 2.05) is 70.1 Å². The molecule has 1 aromatic heterocycles. The molecule has 2 aromatic carbocycles. The Bertz CT molecular complexity index is 1260. The molecule has 1 aliphatic heterocycles. The minimum atomic E-state index is 1.02. The van der Waals surface area contributed by atoms with E-state index in [2.05, 4.69) is 90.0 Å². The number of allylic oxidation sites excluding steroid dienone is 2. The van der Waals surface area contributed by atoms with E-state index in [-0.39, 0.29) is 0 Å². The van der Waals surface area contributed by atoms with Crippen LogP contribution in [0.25, 0.3) is 16.3 Å². The zero-order valence-electron chi connectivity index (χ0n) is 22.4. The monoisotopic (exact) mass is 605 g/mol. The quantitative estimate of drug-likeness (QED) is 0.108.